The van der Waals surface area contributed by atoms with E-state index in [0.29, 0.717) is 22.3 Å². The zero-order valence-corrected chi connectivity index (χ0v) is 12.8. The van der Waals surface area contributed by atoms with Gasteiger partial charge in [0.05, 0.1) is 22.8 Å². The third-order valence-corrected chi connectivity index (χ3v) is 3.64. The second-order valence-corrected chi connectivity index (χ2v) is 5.34. The number of benzene rings is 1. The summed E-state index contributed by atoms with van der Waals surface area (Å²) in [6.07, 6.45) is 3.10. The average Bonchev–Trinajstić information content (AvgIpc) is 3.03. The molecule has 1 atom stereocenters. The summed E-state index contributed by atoms with van der Waals surface area (Å²) in [5, 5.41) is 19.3. The second kappa shape index (κ2) is 6.09. The molecule has 0 unspecified atom stereocenters. The molecule has 0 radical (unpaired) electrons. The minimum absolute atomic E-state index is 0.0147. The van der Waals surface area contributed by atoms with Gasteiger partial charge in [0, 0.05) is 17.8 Å². The largest absolute Gasteiger partial charge is 0.478 e. The van der Waals surface area contributed by atoms with Crippen LogP contribution in [0.25, 0.3) is 11.0 Å². The predicted octanol–water partition coefficient (Wildman–Crippen LogP) is 1.93. The lowest BCUT2D eigenvalue weighted by molar-refractivity contribution is 0.0695. The summed E-state index contributed by atoms with van der Waals surface area (Å²) >= 11 is 0. The van der Waals surface area contributed by atoms with E-state index in [1.807, 2.05) is 0 Å². The number of aromatic carboxylic acids is 1. The first-order valence-corrected chi connectivity index (χ1v) is 7.19. The number of hydrogen-bond acceptors (Lipinski definition) is 5. The second-order valence-electron chi connectivity index (χ2n) is 5.34. The lowest BCUT2D eigenvalue weighted by Gasteiger charge is -2.12. The molecule has 8 nitrogen and oxygen atoms in total. The Balaban J connectivity index is 1.94. The lowest BCUT2D eigenvalue weighted by Crippen LogP contribution is -2.16. The Morgan fingerprint density at radius 2 is 2.12 bits per heavy atom. The maximum absolute atomic E-state index is 12.4. The average molecular weight is 325 g/mol. The van der Waals surface area contributed by atoms with Crippen molar-refractivity contribution in [2.75, 3.05) is 5.32 Å². The van der Waals surface area contributed by atoms with Gasteiger partial charge in [-0.25, -0.2) is 9.78 Å². The first-order chi connectivity index (χ1) is 11.5. The summed E-state index contributed by atoms with van der Waals surface area (Å²) < 4.78 is 0. The van der Waals surface area contributed by atoms with E-state index >= 15 is 0 Å². The first-order valence-electron chi connectivity index (χ1n) is 7.19. The van der Waals surface area contributed by atoms with Crippen molar-refractivity contribution in [1.82, 2.24) is 15.2 Å². The highest BCUT2D eigenvalue weighted by atomic mass is 16.4. The van der Waals surface area contributed by atoms with Crippen LogP contribution in [0.15, 0.2) is 36.7 Å². The molecule has 0 saturated carbocycles. The molecule has 1 amide bonds. The molecule has 24 heavy (non-hydrogen) atoms. The van der Waals surface area contributed by atoms with Crippen LogP contribution in [0, 0.1) is 0 Å². The summed E-state index contributed by atoms with van der Waals surface area (Å²) in [5.74, 6) is -1.56. The number of amides is 1. The van der Waals surface area contributed by atoms with E-state index < -0.39 is 17.9 Å². The van der Waals surface area contributed by atoms with E-state index in [2.05, 4.69) is 20.5 Å². The van der Waals surface area contributed by atoms with Gasteiger partial charge in [0.1, 0.15) is 0 Å². The van der Waals surface area contributed by atoms with Crippen LogP contribution >= 0.6 is 0 Å². The predicted molar refractivity (Wildman–Crippen MR) is 87.8 cm³/mol. The van der Waals surface area contributed by atoms with E-state index in [1.54, 1.807) is 31.3 Å². The summed E-state index contributed by atoms with van der Waals surface area (Å²) in [6, 6.07) is 5.63. The van der Waals surface area contributed by atoms with Gasteiger partial charge >= 0.3 is 5.97 Å². The number of nitrogens with zero attached hydrogens (tertiary/aromatic N) is 2. The molecule has 0 saturated heterocycles. The van der Waals surface area contributed by atoms with Crippen LogP contribution in [0.3, 0.4) is 0 Å². The van der Waals surface area contributed by atoms with Crippen LogP contribution in [-0.4, -0.2) is 32.2 Å². The van der Waals surface area contributed by atoms with Gasteiger partial charge in [0.25, 0.3) is 5.91 Å². The fourth-order valence-electron chi connectivity index (χ4n) is 2.43. The Hall–Kier alpha value is -3.26. The van der Waals surface area contributed by atoms with Gasteiger partial charge in [-0.3, -0.25) is 9.89 Å². The Morgan fingerprint density at radius 3 is 2.83 bits per heavy atom. The van der Waals surface area contributed by atoms with E-state index in [9.17, 15) is 14.7 Å². The first kappa shape index (κ1) is 15.6. The molecule has 0 aliphatic rings. The van der Waals surface area contributed by atoms with Crippen LogP contribution in [0.4, 0.5) is 5.69 Å². The number of carbonyl (C=O) groups excluding carboxylic acids is 1. The molecular formula is C16H15N5O3. The molecule has 0 fully saturated rings. The van der Waals surface area contributed by atoms with Crippen molar-refractivity contribution in [3.63, 3.8) is 0 Å². The number of pyridine rings is 1. The summed E-state index contributed by atoms with van der Waals surface area (Å²) in [6.45, 7) is 1.69. The highest BCUT2D eigenvalue weighted by molar-refractivity contribution is 6.09. The molecule has 3 aromatic rings. The van der Waals surface area contributed by atoms with E-state index in [4.69, 9.17) is 5.73 Å². The zero-order valence-electron chi connectivity index (χ0n) is 12.8. The van der Waals surface area contributed by atoms with Gasteiger partial charge in [0.15, 0.2) is 5.65 Å². The molecule has 0 aliphatic carbocycles. The number of rotatable bonds is 4. The number of carbonyl (C=O) groups is 2. The van der Waals surface area contributed by atoms with Gasteiger partial charge in [-0.15, -0.1) is 0 Å². The molecule has 0 bridgehead atoms. The number of H-pyrrole nitrogens is 1. The minimum Gasteiger partial charge on any atom is -0.478 e. The van der Waals surface area contributed by atoms with Crippen molar-refractivity contribution in [3.8, 4) is 0 Å². The number of anilines is 1. The van der Waals surface area contributed by atoms with Crippen molar-refractivity contribution in [2.45, 2.75) is 13.0 Å². The lowest BCUT2D eigenvalue weighted by atomic mass is 9.99. The summed E-state index contributed by atoms with van der Waals surface area (Å²) in [5.41, 5.74) is 7.57. The van der Waals surface area contributed by atoms with Crippen LogP contribution < -0.4 is 11.1 Å². The standard InChI is InChI=1S/C16H15N5O3/c1-8(17)10-3-2-9(6-11(10)16(23)24)15(22)20-13-4-5-18-14-12(13)7-19-21-14/h2-8H,17H2,1H3,(H,23,24)(H2,18,19,20,21,22)/t8-/m1/s1. The minimum atomic E-state index is -1.13. The number of carboxylic acid groups (broad SMARTS) is 1. The van der Waals surface area contributed by atoms with Crippen molar-refractivity contribution < 1.29 is 14.7 Å². The fraction of sp³-hybridized carbons (Fsp3) is 0.125. The smallest absolute Gasteiger partial charge is 0.336 e. The van der Waals surface area contributed by atoms with Gasteiger partial charge in [0.2, 0.25) is 0 Å². The van der Waals surface area contributed by atoms with Crippen molar-refractivity contribution in [2.24, 2.45) is 5.73 Å². The number of nitrogens with one attached hydrogen (secondary N) is 2. The Morgan fingerprint density at radius 1 is 1.33 bits per heavy atom. The molecule has 2 heterocycles. The van der Waals surface area contributed by atoms with Crippen LogP contribution in [0.2, 0.25) is 0 Å². The molecule has 2 aromatic heterocycles. The molecule has 5 N–H and O–H groups in total. The van der Waals surface area contributed by atoms with Crippen molar-refractivity contribution in [1.29, 1.82) is 0 Å². The van der Waals surface area contributed by atoms with Crippen LogP contribution in [0.1, 0.15) is 39.2 Å². The number of carboxylic acids is 1. The van der Waals surface area contributed by atoms with Crippen molar-refractivity contribution in [3.05, 3.63) is 53.3 Å². The van der Waals surface area contributed by atoms with E-state index in [1.165, 1.54) is 12.3 Å². The molecule has 3 rings (SSSR count). The van der Waals surface area contributed by atoms with Gasteiger partial charge in [-0.1, -0.05) is 6.07 Å². The maximum atomic E-state index is 12.4. The van der Waals surface area contributed by atoms with Gasteiger partial charge in [-0.05, 0) is 30.7 Å². The quantitative estimate of drug-likeness (QED) is 0.579. The van der Waals surface area contributed by atoms with Gasteiger partial charge < -0.3 is 16.2 Å². The maximum Gasteiger partial charge on any atom is 0.336 e. The summed E-state index contributed by atoms with van der Waals surface area (Å²) in [4.78, 5) is 27.9. The fourth-order valence-corrected chi connectivity index (χ4v) is 2.43. The monoisotopic (exact) mass is 325 g/mol. The zero-order chi connectivity index (χ0) is 17.3. The number of aromatic nitrogens is 3. The van der Waals surface area contributed by atoms with Crippen LogP contribution in [0.5, 0.6) is 0 Å². The molecule has 1 aromatic carbocycles. The third-order valence-electron chi connectivity index (χ3n) is 3.64. The number of aromatic amines is 1. The molecule has 8 heteroatoms. The highest BCUT2D eigenvalue weighted by Crippen LogP contribution is 2.22. The number of hydrogen-bond donors (Lipinski definition) is 4. The summed E-state index contributed by atoms with van der Waals surface area (Å²) in [7, 11) is 0. The van der Waals surface area contributed by atoms with Crippen molar-refractivity contribution >= 4 is 28.6 Å². The SMILES string of the molecule is C[C@@H](N)c1ccc(C(=O)Nc2ccnc3[nH]ncc23)cc1C(=O)O. The normalized spacial score (nSPS) is 12.1. The molecule has 0 aliphatic heterocycles. The third kappa shape index (κ3) is 2.82. The van der Waals surface area contributed by atoms with Gasteiger partial charge in [-0.2, -0.15) is 5.10 Å². The molecule has 0 spiro atoms. The molecular weight excluding hydrogens is 310 g/mol. The van der Waals surface area contributed by atoms with E-state index in [0.717, 1.165) is 0 Å². The topological polar surface area (TPSA) is 134 Å². The van der Waals surface area contributed by atoms with E-state index in [-0.39, 0.29) is 11.1 Å². The number of fused-ring (bicyclic) bond motifs is 1. The van der Waals surface area contributed by atoms with Crippen LogP contribution in [-0.2, 0) is 0 Å². The highest BCUT2D eigenvalue weighted by Gasteiger charge is 2.17. The number of nitrogens with two attached hydrogens (primary N) is 1. The Labute approximate surface area is 136 Å². The Bertz CT molecular complexity index is 932. The molecule has 122 valence electrons. The Kier molecular flexibility index (Phi) is 3.97.